The van der Waals surface area contributed by atoms with Gasteiger partial charge in [0.15, 0.2) is 0 Å². The number of nitrogens with one attached hydrogen (secondary N) is 1. The van der Waals surface area contributed by atoms with Gasteiger partial charge in [-0.3, -0.25) is 4.79 Å². The number of hydrogen-bond donors (Lipinski definition) is 3. The second-order valence-corrected chi connectivity index (χ2v) is 5.84. The van der Waals surface area contributed by atoms with Crippen LogP contribution in [0.4, 0.5) is 5.69 Å². The van der Waals surface area contributed by atoms with Crippen molar-refractivity contribution in [2.75, 3.05) is 5.32 Å². The van der Waals surface area contributed by atoms with Crippen LogP contribution in [-0.2, 0) is 0 Å². The zero-order chi connectivity index (χ0) is 15.6. The molecule has 4 nitrogen and oxygen atoms in total. The summed E-state index contributed by atoms with van der Waals surface area (Å²) < 4.78 is 0.584. The molecule has 0 aromatic heterocycles. The predicted molar refractivity (Wildman–Crippen MR) is 88.1 cm³/mol. The van der Waals surface area contributed by atoms with Crippen LogP contribution in [0.3, 0.4) is 0 Å². The Bertz CT molecular complexity index is 694. The Balaban J connectivity index is 2.30. The van der Waals surface area contributed by atoms with Crippen LogP contribution in [0.2, 0.25) is 5.02 Å². The first-order valence-electron chi connectivity index (χ1n) is 6.11. The van der Waals surface area contributed by atoms with Gasteiger partial charge in [0.1, 0.15) is 0 Å². The van der Waals surface area contributed by atoms with Crippen molar-refractivity contribution >= 4 is 51.7 Å². The zero-order valence-electron chi connectivity index (χ0n) is 11.1. The van der Waals surface area contributed by atoms with E-state index in [9.17, 15) is 14.8 Å². The van der Waals surface area contributed by atoms with Crippen molar-refractivity contribution in [2.24, 2.45) is 0 Å². The summed E-state index contributed by atoms with van der Waals surface area (Å²) in [6.45, 7) is 1.81. The maximum absolute atomic E-state index is 12.3. The molecule has 0 aliphatic carbocycles. The van der Waals surface area contributed by atoms with Gasteiger partial charge in [-0.1, -0.05) is 33.6 Å². The van der Waals surface area contributed by atoms with Crippen LogP contribution in [0.5, 0.6) is 0 Å². The van der Waals surface area contributed by atoms with Gasteiger partial charge in [-0.15, -0.1) is 0 Å². The highest BCUT2D eigenvalue weighted by molar-refractivity contribution is 9.10. The molecule has 21 heavy (non-hydrogen) atoms. The fourth-order valence-electron chi connectivity index (χ4n) is 1.83. The maximum atomic E-state index is 12.3. The zero-order valence-corrected chi connectivity index (χ0v) is 13.4. The monoisotopic (exact) mass is 367 g/mol. The van der Waals surface area contributed by atoms with Gasteiger partial charge < -0.3 is 15.4 Å². The van der Waals surface area contributed by atoms with Gasteiger partial charge in [-0.25, -0.2) is 0 Å². The lowest BCUT2D eigenvalue weighted by atomic mass is 9.79. The summed E-state index contributed by atoms with van der Waals surface area (Å²) in [5, 5.41) is 21.7. The summed E-state index contributed by atoms with van der Waals surface area (Å²) in [5.41, 5.74) is 1.92. The molecular weight excluding hydrogens is 356 g/mol. The molecule has 0 bridgehead atoms. The van der Waals surface area contributed by atoms with Gasteiger partial charge >= 0.3 is 7.12 Å². The molecule has 0 saturated carbocycles. The highest BCUT2D eigenvalue weighted by Crippen LogP contribution is 2.23. The average molecular weight is 368 g/mol. The molecule has 0 aliphatic heterocycles. The lowest BCUT2D eigenvalue weighted by Crippen LogP contribution is -2.31. The van der Waals surface area contributed by atoms with Crippen molar-refractivity contribution in [3.63, 3.8) is 0 Å². The summed E-state index contributed by atoms with van der Waals surface area (Å²) in [5.74, 6) is -0.358. The van der Waals surface area contributed by atoms with Crippen LogP contribution in [0.1, 0.15) is 15.9 Å². The van der Waals surface area contributed by atoms with E-state index in [1.54, 1.807) is 24.3 Å². The van der Waals surface area contributed by atoms with Crippen molar-refractivity contribution in [3.05, 3.63) is 57.0 Å². The third-order valence-electron chi connectivity index (χ3n) is 3.00. The molecule has 108 valence electrons. The maximum Gasteiger partial charge on any atom is 0.488 e. The Labute approximate surface area is 136 Å². The van der Waals surface area contributed by atoms with E-state index in [1.165, 1.54) is 12.1 Å². The summed E-state index contributed by atoms with van der Waals surface area (Å²) in [7, 11) is -1.64. The van der Waals surface area contributed by atoms with Crippen LogP contribution in [0.25, 0.3) is 0 Å². The first-order chi connectivity index (χ1) is 9.88. The Morgan fingerprint density at radius 2 is 2.00 bits per heavy atom. The van der Waals surface area contributed by atoms with Crippen molar-refractivity contribution < 1.29 is 14.8 Å². The number of amides is 1. The molecule has 0 fully saturated rings. The molecule has 2 rings (SSSR count). The number of rotatable bonds is 3. The molecule has 0 atom stereocenters. The van der Waals surface area contributed by atoms with Crippen molar-refractivity contribution in [1.29, 1.82) is 0 Å². The van der Waals surface area contributed by atoms with Crippen LogP contribution in [0.15, 0.2) is 40.9 Å². The number of carbonyl (C=O) groups is 1. The normalized spacial score (nSPS) is 10.3. The SMILES string of the molecule is Cc1c(Cl)cccc1NC(=O)c1cc(Br)cc(B(O)O)c1. The highest BCUT2D eigenvalue weighted by atomic mass is 79.9. The second-order valence-electron chi connectivity index (χ2n) is 4.51. The number of anilines is 1. The molecule has 3 N–H and O–H groups in total. The average Bonchev–Trinajstić information content (AvgIpc) is 2.43. The fourth-order valence-corrected chi connectivity index (χ4v) is 2.52. The lowest BCUT2D eigenvalue weighted by molar-refractivity contribution is 0.102. The van der Waals surface area contributed by atoms with E-state index in [1.807, 2.05) is 6.92 Å². The molecule has 0 radical (unpaired) electrons. The molecule has 2 aromatic carbocycles. The number of benzene rings is 2. The minimum absolute atomic E-state index is 0.234. The summed E-state index contributed by atoms with van der Waals surface area (Å²) >= 11 is 9.25. The minimum Gasteiger partial charge on any atom is -0.423 e. The molecule has 0 unspecified atom stereocenters. The third-order valence-corrected chi connectivity index (χ3v) is 3.86. The fraction of sp³-hybridized carbons (Fsp3) is 0.0714. The third kappa shape index (κ3) is 3.86. The Morgan fingerprint density at radius 3 is 2.67 bits per heavy atom. The summed E-state index contributed by atoms with van der Waals surface area (Å²) in [6, 6.07) is 9.79. The molecular formula is C14H12BBrClNO3. The standard InChI is InChI=1S/C14H12BBrClNO3/c1-8-12(17)3-2-4-13(8)18-14(19)9-5-10(15(20)21)7-11(16)6-9/h2-7,20-21H,1H3,(H,18,19). The Kier molecular flexibility index (Phi) is 5.06. The molecule has 2 aromatic rings. The minimum atomic E-state index is -1.64. The van der Waals surface area contributed by atoms with Crippen molar-refractivity contribution in [2.45, 2.75) is 6.92 Å². The molecule has 1 amide bonds. The van der Waals surface area contributed by atoms with E-state index in [0.717, 1.165) is 5.56 Å². The highest BCUT2D eigenvalue weighted by Gasteiger charge is 2.16. The Hall–Kier alpha value is -1.34. The van der Waals surface area contributed by atoms with E-state index in [-0.39, 0.29) is 11.4 Å². The van der Waals surface area contributed by atoms with Crippen LogP contribution in [0, 0.1) is 6.92 Å². The number of hydrogen-bond acceptors (Lipinski definition) is 3. The molecule has 0 aliphatic rings. The van der Waals surface area contributed by atoms with Crippen LogP contribution < -0.4 is 10.8 Å². The van der Waals surface area contributed by atoms with E-state index in [2.05, 4.69) is 21.2 Å². The van der Waals surface area contributed by atoms with Crippen molar-refractivity contribution in [1.82, 2.24) is 0 Å². The first-order valence-corrected chi connectivity index (χ1v) is 7.28. The molecule has 0 spiro atoms. The topological polar surface area (TPSA) is 69.6 Å². The van der Waals surface area contributed by atoms with Gasteiger partial charge in [0.05, 0.1) is 0 Å². The largest absolute Gasteiger partial charge is 0.488 e. The first kappa shape index (κ1) is 16.0. The number of carbonyl (C=O) groups excluding carboxylic acids is 1. The van der Waals surface area contributed by atoms with Gasteiger partial charge in [-0.05, 0) is 48.3 Å². The van der Waals surface area contributed by atoms with E-state index >= 15 is 0 Å². The van der Waals surface area contributed by atoms with Crippen LogP contribution in [-0.4, -0.2) is 23.1 Å². The quantitative estimate of drug-likeness (QED) is 0.729. The summed E-state index contributed by atoms with van der Waals surface area (Å²) in [4.78, 5) is 12.3. The molecule has 0 saturated heterocycles. The second kappa shape index (κ2) is 6.62. The molecule has 0 heterocycles. The lowest BCUT2D eigenvalue weighted by Gasteiger charge is -2.11. The van der Waals surface area contributed by atoms with E-state index in [4.69, 9.17) is 11.6 Å². The van der Waals surface area contributed by atoms with Gasteiger partial charge in [0, 0.05) is 20.7 Å². The van der Waals surface area contributed by atoms with E-state index in [0.29, 0.717) is 20.7 Å². The van der Waals surface area contributed by atoms with E-state index < -0.39 is 7.12 Å². The van der Waals surface area contributed by atoms with Gasteiger partial charge in [0.25, 0.3) is 5.91 Å². The summed E-state index contributed by atoms with van der Waals surface area (Å²) in [6.07, 6.45) is 0. The van der Waals surface area contributed by atoms with Gasteiger partial charge in [-0.2, -0.15) is 0 Å². The predicted octanol–water partition coefficient (Wildman–Crippen LogP) is 2.34. The van der Waals surface area contributed by atoms with Crippen molar-refractivity contribution in [3.8, 4) is 0 Å². The molecule has 7 heteroatoms. The number of halogens is 2. The smallest absolute Gasteiger partial charge is 0.423 e. The van der Waals surface area contributed by atoms with Crippen LogP contribution >= 0.6 is 27.5 Å². The van der Waals surface area contributed by atoms with Gasteiger partial charge in [0.2, 0.25) is 0 Å². The Morgan fingerprint density at radius 1 is 1.29 bits per heavy atom.